The number of aryl methyl sites for hydroxylation is 1. The van der Waals surface area contributed by atoms with Gasteiger partial charge >= 0.3 is 0 Å². The first-order valence-electron chi connectivity index (χ1n) is 6.89. The van der Waals surface area contributed by atoms with Crippen LogP contribution in [-0.4, -0.2) is 32.6 Å². The Hall–Kier alpha value is -2.02. The van der Waals surface area contributed by atoms with Gasteiger partial charge in [-0.1, -0.05) is 11.6 Å². The first-order valence-corrected chi connectivity index (χ1v) is 7.27. The number of nitrogen functional groups attached to an aromatic ring is 2. The van der Waals surface area contributed by atoms with E-state index >= 15 is 0 Å². The maximum Gasteiger partial charge on any atom is 0.223 e. The fourth-order valence-electron chi connectivity index (χ4n) is 2.84. The molecule has 0 spiro atoms. The largest absolute Gasteiger partial charge is 0.393 e. The van der Waals surface area contributed by atoms with Gasteiger partial charge in [0.1, 0.15) is 11.5 Å². The third-order valence-corrected chi connectivity index (χ3v) is 4.14. The number of imidazole rings is 1. The van der Waals surface area contributed by atoms with E-state index in [9.17, 15) is 0 Å². The van der Waals surface area contributed by atoms with Gasteiger partial charge in [0.15, 0.2) is 11.0 Å². The maximum atomic E-state index is 6.00. The summed E-state index contributed by atoms with van der Waals surface area (Å²) in [4.78, 5) is 14.5. The van der Waals surface area contributed by atoms with Crippen molar-refractivity contribution in [1.29, 1.82) is 0 Å². The maximum absolute atomic E-state index is 6.00. The minimum atomic E-state index is 0.144. The molecule has 1 fully saturated rings. The van der Waals surface area contributed by atoms with E-state index in [2.05, 4.69) is 24.4 Å². The van der Waals surface area contributed by atoms with Gasteiger partial charge in [0.2, 0.25) is 5.95 Å². The molecule has 112 valence electrons. The summed E-state index contributed by atoms with van der Waals surface area (Å²) in [5.74, 6) is 1.77. The van der Waals surface area contributed by atoms with Crippen molar-refractivity contribution in [3.05, 3.63) is 23.4 Å². The molecule has 3 heterocycles. The summed E-state index contributed by atoms with van der Waals surface area (Å²) in [7, 11) is 0. The minimum absolute atomic E-state index is 0.144. The summed E-state index contributed by atoms with van der Waals surface area (Å²) in [5, 5.41) is 0.207. The SMILES string of the molecule is Cc1nccn1C1CCCN(c2nc(N)nc(Cl)c2N)C1. The zero-order valence-corrected chi connectivity index (χ0v) is 12.6. The lowest BCUT2D eigenvalue weighted by molar-refractivity contribution is 0.398. The molecule has 21 heavy (non-hydrogen) atoms. The first kappa shape index (κ1) is 13.9. The lowest BCUT2D eigenvalue weighted by Crippen LogP contribution is -2.38. The van der Waals surface area contributed by atoms with Crippen LogP contribution >= 0.6 is 11.6 Å². The molecule has 2 aromatic rings. The molecule has 1 aliphatic rings. The highest BCUT2D eigenvalue weighted by Gasteiger charge is 2.25. The van der Waals surface area contributed by atoms with Crippen LogP contribution in [0.25, 0.3) is 0 Å². The van der Waals surface area contributed by atoms with Gasteiger partial charge in [-0.15, -0.1) is 0 Å². The quantitative estimate of drug-likeness (QED) is 0.818. The molecular formula is C13H18ClN7. The summed E-state index contributed by atoms with van der Waals surface area (Å²) in [6.07, 6.45) is 5.97. The molecule has 1 atom stereocenters. The van der Waals surface area contributed by atoms with Gasteiger partial charge in [-0.25, -0.2) is 4.98 Å². The van der Waals surface area contributed by atoms with Crippen molar-refractivity contribution in [2.24, 2.45) is 0 Å². The van der Waals surface area contributed by atoms with Gasteiger partial charge < -0.3 is 20.9 Å². The molecule has 2 aromatic heterocycles. The molecule has 1 saturated heterocycles. The van der Waals surface area contributed by atoms with Crippen molar-refractivity contribution < 1.29 is 0 Å². The van der Waals surface area contributed by atoms with Crippen molar-refractivity contribution in [3.63, 3.8) is 0 Å². The molecule has 0 saturated carbocycles. The molecule has 8 heteroatoms. The second-order valence-corrected chi connectivity index (χ2v) is 5.59. The summed E-state index contributed by atoms with van der Waals surface area (Å²) in [6, 6.07) is 0.343. The van der Waals surface area contributed by atoms with Crippen molar-refractivity contribution in [3.8, 4) is 0 Å². The predicted molar refractivity (Wildman–Crippen MR) is 83.3 cm³/mol. The van der Waals surface area contributed by atoms with E-state index < -0.39 is 0 Å². The molecule has 0 amide bonds. The third kappa shape index (κ3) is 2.61. The Balaban J connectivity index is 1.89. The Kier molecular flexibility index (Phi) is 3.59. The van der Waals surface area contributed by atoms with Crippen LogP contribution in [-0.2, 0) is 0 Å². The van der Waals surface area contributed by atoms with E-state index in [1.54, 1.807) is 0 Å². The summed E-state index contributed by atoms with van der Waals surface area (Å²) < 4.78 is 2.19. The number of piperidine rings is 1. The van der Waals surface area contributed by atoms with Crippen LogP contribution in [0.2, 0.25) is 5.15 Å². The van der Waals surface area contributed by atoms with E-state index in [1.165, 1.54) is 0 Å². The monoisotopic (exact) mass is 307 g/mol. The van der Waals surface area contributed by atoms with E-state index in [-0.39, 0.29) is 11.1 Å². The minimum Gasteiger partial charge on any atom is -0.393 e. The highest BCUT2D eigenvalue weighted by molar-refractivity contribution is 6.32. The molecule has 7 nitrogen and oxygen atoms in total. The number of halogens is 1. The van der Waals surface area contributed by atoms with E-state index in [0.29, 0.717) is 17.5 Å². The van der Waals surface area contributed by atoms with E-state index in [1.807, 2.05) is 19.3 Å². The van der Waals surface area contributed by atoms with Crippen LogP contribution in [0, 0.1) is 6.92 Å². The number of hydrogen-bond acceptors (Lipinski definition) is 6. The van der Waals surface area contributed by atoms with E-state index in [0.717, 1.165) is 31.8 Å². The lowest BCUT2D eigenvalue weighted by atomic mass is 10.1. The number of rotatable bonds is 2. The zero-order valence-electron chi connectivity index (χ0n) is 11.8. The van der Waals surface area contributed by atoms with Gasteiger partial charge in [-0.05, 0) is 19.8 Å². The van der Waals surface area contributed by atoms with Crippen LogP contribution in [0.1, 0.15) is 24.7 Å². The van der Waals surface area contributed by atoms with Gasteiger partial charge in [0.05, 0.1) is 6.04 Å². The zero-order chi connectivity index (χ0) is 15.0. The van der Waals surface area contributed by atoms with E-state index in [4.69, 9.17) is 23.1 Å². The highest BCUT2D eigenvalue weighted by atomic mass is 35.5. The van der Waals surface area contributed by atoms with Gasteiger partial charge in [0.25, 0.3) is 0 Å². The normalized spacial score (nSPS) is 19.0. The van der Waals surface area contributed by atoms with Crippen LogP contribution in [0.3, 0.4) is 0 Å². The van der Waals surface area contributed by atoms with Gasteiger partial charge in [-0.3, -0.25) is 0 Å². The van der Waals surface area contributed by atoms with Crippen molar-refractivity contribution in [1.82, 2.24) is 19.5 Å². The Morgan fingerprint density at radius 1 is 1.33 bits per heavy atom. The molecule has 1 unspecified atom stereocenters. The van der Waals surface area contributed by atoms with Crippen LogP contribution in [0.5, 0.6) is 0 Å². The standard InChI is InChI=1S/C13H18ClN7/c1-8-17-4-6-21(8)9-3-2-5-20(7-9)12-10(15)11(14)18-13(16)19-12/h4,6,9H,2-3,5,7,15H2,1H3,(H2,16,18,19). The Labute approximate surface area is 127 Å². The second-order valence-electron chi connectivity index (χ2n) is 5.23. The van der Waals surface area contributed by atoms with Crippen LogP contribution < -0.4 is 16.4 Å². The Morgan fingerprint density at radius 2 is 2.14 bits per heavy atom. The first-order chi connectivity index (χ1) is 10.1. The topological polar surface area (TPSA) is 98.9 Å². The highest BCUT2D eigenvalue weighted by Crippen LogP contribution is 2.32. The fraction of sp³-hybridized carbons (Fsp3) is 0.462. The Morgan fingerprint density at radius 3 is 2.86 bits per heavy atom. The second kappa shape index (κ2) is 5.40. The molecular weight excluding hydrogens is 290 g/mol. The molecule has 4 N–H and O–H groups in total. The smallest absolute Gasteiger partial charge is 0.223 e. The number of nitrogens with zero attached hydrogens (tertiary/aromatic N) is 5. The molecule has 0 bridgehead atoms. The average Bonchev–Trinajstić information content (AvgIpc) is 2.89. The molecule has 0 radical (unpaired) electrons. The molecule has 0 aromatic carbocycles. The predicted octanol–water partition coefficient (Wildman–Crippen LogP) is 1.64. The lowest BCUT2D eigenvalue weighted by Gasteiger charge is -2.35. The molecule has 3 rings (SSSR count). The summed E-state index contributed by atoms with van der Waals surface area (Å²) in [6.45, 7) is 3.68. The molecule has 1 aliphatic heterocycles. The number of aromatic nitrogens is 4. The van der Waals surface area contributed by atoms with Crippen molar-refractivity contribution in [2.45, 2.75) is 25.8 Å². The van der Waals surface area contributed by atoms with Crippen molar-refractivity contribution >= 4 is 29.1 Å². The van der Waals surface area contributed by atoms with Gasteiger partial charge in [-0.2, -0.15) is 9.97 Å². The van der Waals surface area contributed by atoms with Crippen LogP contribution in [0.4, 0.5) is 17.5 Å². The average molecular weight is 308 g/mol. The Bertz CT molecular complexity index is 654. The summed E-state index contributed by atoms with van der Waals surface area (Å²) >= 11 is 6.00. The number of hydrogen-bond donors (Lipinski definition) is 2. The number of anilines is 3. The molecule has 0 aliphatic carbocycles. The summed E-state index contributed by atoms with van der Waals surface area (Å²) in [5.41, 5.74) is 12.1. The fourth-order valence-corrected chi connectivity index (χ4v) is 3.01. The van der Waals surface area contributed by atoms with Crippen LogP contribution in [0.15, 0.2) is 12.4 Å². The van der Waals surface area contributed by atoms with Gasteiger partial charge in [0, 0.05) is 25.5 Å². The number of nitrogens with two attached hydrogens (primary N) is 2. The third-order valence-electron chi connectivity index (χ3n) is 3.85. The van der Waals surface area contributed by atoms with Crippen molar-refractivity contribution in [2.75, 3.05) is 29.5 Å².